The SMILES string of the molecule is Cc1ccc2[nH]c(=O)c(CN3CCCC(C(=O)N4CCCC4)C3)cc2c1. The Kier molecular flexibility index (Phi) is 4.81. The number of hydrogen-bond acceptors (Lipinski definition) is 3. The number of aryl methyl sites for hydroxylation is 1. The van der Waals surface area contributed by atoms with Crippen molar-refractivity contribution in [2.75, 3.05) is 26.2 Å². The Balaban J connectivity index is 1.49. The normalized spacial score (nSPS) is 21.4. The number of piperidine rings is 1. The van der Waals surface area contributed by atoms with Crippen LogP contribution in [0.1, 0.15) is 36.8 Å². The highest BCUT2D eigenvalue weighted by Gasteiger charge is 2.30. The van der Waals surface area contributed by atoms with Crippen LogP contribution in [0.4, 0.5) is 0 Å². The van der Waals surface area contributed by atoms with Crippen molar-refractivity contribution < 1.29 is 4.79 Å². The number of carbonyl (C=O) groups is 1. The largest absolute Gasteiger partial charge is 0.342 e. The number of H-pyrrole nitrogens is 1. The quantitative estimate of drug-likeness (QED) is 0.923. The summed E-state index contributed by atoms with van der Waals surface area (Å²) >= 11 is 0. The van der Waals surface area contributed by atoms with Crippen molar-refractivity contribution in [3.8, 4) is 0 Å². The third-order valence-electron chi connectivity index (χ3n) is 5.74. The fourth-order valence-corrected chi connectivity index (χ4v) is 4.33. The average molecular weight is 353 g/mol. The molecule has 26 heavy (non-hydrogen) atoms. The van der Waals surface area contributed by atoms with Gasteiger partial charge in [-0.25, -0.2) is 0 Å². The molecule has 1 aromatic heterocycles. The van der Waals surface area contributed by atoms with Crippen LogP contribution in [-0.4, -0.2) is 46.9 Å². The number of hydrogen-bond donors (Lipinski definition) is 1. The van der Waals surface area contributed by atoms with E-state index in [9.17, 15) is 9.59 Å². The van der Waals surface area contributed by atoms with Gasteiger partial charge >= 0.3 is 0 Å². The first-order chi connectivity index (χ1) is 12.6. The molecule has 4 rings (SSSR count). The van der Waals surface area contributed by atoms with Gasteiger partial charge in [0.15, 0.2) is 0 Å². The molecule has 1 atom stereocenters. The molecule has 5 heteroatoms. The number of rotatable bonds is 3. The topological polar surface area (TPSA) is 56.4 Å². The van der Waals surface area contributed by atoms with Crippen molar-refractivity contribution in [1.29, 1.82) is 0 Å². The summed E-state index contributed by atoms with van der Waals surface area (Å²) in [7, 11) is 0. The second-order valence-electron chi connectivity index (χ2n) is 7.82. The molecule has 138 valence electrons. The summed E-state index contributed by atoms with van der Waals surface area (Å²) in [5.74, 6) is 0.402. The van der Waals surface area contributed by atoms with E-state index in [1.807, 2.05) is 23.1 Å². The van der Waals surface area contributed by atoms with Crippen LogP contribution >= 0.6 is 0 Å². The van der Waals surface area contributed by atoms with E-state index in [0.29, 0.717) is 12.5 Å². The third-order valence-corrected chi connectivity index (χ3v) is 5.74. The molecule has 1 unspecified atom stereocenters. The number of amides is 1. The molecule has 2 aliphatic rings. The Morgan fingerprint density at radius 2 is 1.96 bits per heavy atom. The monoisotopic (exact) mass is 353 g/mol. The predicted molar refractivity (Wildman–Crippen MR) is 103 cm³/mol. The molecule has 1 N–H and O–H groups in total. The number of nitrogens with zero attached hydrogens (tertiary/aromatic N) is 2. The van der Waals surface area contributed by atoms with Crippen LogP contribution < -0.4 is 5.56 Å². The lowest BCUT2D eigenvalue weighted by Gasteiger charge is -2.33. The number of fused-ring (bicyclic) bond motifs is 1. The predicted octanol–water partition coefficient (Wildman–Crippen LogP) is 2.67. The van der Waals surface area contributed by atoms with Gasteiger partial charge in [0.05, 0.1) is 5.92 Å². The van der Waals surface area contributed by atoms with Gasteiger partial charge in [-0.2, -0.15) is 0 Å². The fraction of sp³-hybridized carbons (Fsp3) is 0.524. The number of pyridine rings is 1. The molecule has 3 heterocycles. The number of aromatic amines is 1. The Labute approximate surface area is 154 Å². The van der Waals surface area contributed by atoms with E-state index in [1.165, 1.54) is 5.56 Å². The van der Waals surface area contributed by atoms with E-state index < -0.39 is 0 Å². The minimum atomic E-state index is -0.0191. The first kappa shape index (κ1) is 17.3. The van der Waals surface area contributed by atoms with E-state index in [0.717, 1.165) is 68.3 Å². The molecule has 0 spiro atoms. The Morgan fingerprint density at radius 1 is 1.15 bits per heavy atom. The Hall–Kier alpha value is -2.14. The lowest BCUT2D eigenvalue weighted by atomic mass is 9.96. The second-order valence-corrected chi connectivity index (χ2v) is 7.82. The van der Waals surface area contributed by atoms with Gasteiger partial charge in [-0.1, -0.05) is 11.6 Å². The smallest absolute Gasteiger partial charge is 0.252 e. The minimum absolute atomic E-state index is 0.0191. The molecule has 0 bridgehead atoms. The number of carbonyl (C=O) groups excluding carboxylic acids is 1. The summed E-state index contributed by atoms with van der Waals surface area (Å²) in [4.78, 5) is 32.5. The number of benzene rings is 1. The highest BCUT2D eigenvalue weighted by molar-refractivity contribution is 5.80. The maximum Gasteiger partial charge on any atom is 0.252 e. The zero-order chi connectivity index (χ0) is 18.1. The molecule has 2 saturated heterocycles. The number of nitrogens with one attached hydrogen (secondary N) is 1. The lowest BCUT2D eigenvalue weighted by molar-refractivity contribution is -0.136. The Morgan fingerprint density at radius 3 is 2.77 bits per heavy atom. The highest BCUT2D eigenvalue weighted by atomic mass is 16.2. The van der Waals surface area contributed by atoms with Crippen molar-refractivity contribution in [3.63, 3.8) is 0 Å². The van der Waals surface area contributed by atoms with Gasteiger partial charge in [0.25, 0.3) is 5.56 Å². The van der Waals surface area contributed by atoms with Gasteiger partial charge in [0.2, 0.25) is 5.91 Å². The van der Waals surface area contributed by atoms with Gasteiger partial charge in [-0.15, -0.1) is 0 Å². The summed E-state index contributed by atoms with van der Waals surface area (Å²) < 4.78 is 0. The van der Waals surface area contributed by atoms with Crippen LogP contribution in [0, 0.1) is 12.8 Å². The lowest BCUT2D eigenvalue weighted by Crippen LogP contribution is -2.44. The van der Waals surface area contributed by atoms with E-state index >= 15 is 0 Å². The van der Waals surface area contributed by atoms with Crippen LogP contribution in [0.5, 0.6) is 0 Å². The molecule has 0 aliphatic carbocycles. The van der Waals surface area contributed by atoms with Gasteiger partial charge in [-0.3, -0.25) is 14.5 Å². The van der Waals surface area contributed by atoms with E-state index in [2.05, 4.69) is 22.9 Å². The molecule has 0 saturated carbocycles. The first-order valence-corrected chi connectivity index (χ1v) is 9.74. The standard InChI is InChI=1S/C21H27N3O2/c1-15-6-7-19-17(11-15)12-18(20(25)22-19)14-23-8-4-5-16(13-23)21(26)24-9-2-3-10-24/h6-7,11-12,16H,2-5,8-10,13-14H2,1H3,(H,22,25). The van der Waals surface area contributed by atoms with Gasteiger partial charge < -0.3 is 9.88 Å². The van der Waals surface area contributed by atoms with Gasteiger partial charge in [-0.05, 0) is 62.7 Å². The zero-order valence-electron chi connectivity index (χ0n) is 15.5. The maximum atomic E-state index is 12.7. The van der Waals surface area contributed by atoms with Crippen molar-refractivity contribution in [2.45, 2.75) is 39.2 Å². The summed E-state index contributed by atoms with van der Waals surface area (Å²) in [5.41, 5.74) is 2.83. The summed E-state index contributed by atoms with van der Waals surface area (Å²) in [5, 5.41) is 1.07. The third kappa shape index (κ3) is 3.54. The van der Waals surface area contributed by atoms with Crippen LogP contribution in [0.15, 0.2) is 29.1 Å². The van der Waals surface area contributed by atoms with Crippen LogP contribution in [-0.2, 0) is 11.3 Å². The molecule has 1 amide bonds. The van der Waals surface area contributed by atoms with E-state index in [4.69, 9.17) is 0 Å². The first-order valence-electron chi connectivity index (χ1n) is 9.74. The maximum absolute atomic E-state index is 12.7. The summed E-state index contributed by atoms with van der Waals surface area (Å²) in [6, 6.07) is 8.08. The van der Waals surface area contributed by atoms with Crippen LogP contribution in [0.3, 0.4) is 0 Å². The fourth-order valence-electron chi connectivity index (χ4n) is 4.33. The molecular formula is C21H27N3O2. The summed E-state index contributed by atoms with van der Waals surface area (Å²) in [6.07, 6.45) is 4.26. The van der Waals surface area contributed by atoms with Crippen molar-refractivity contribution >= 4 is 16.8 Å². The minimum Gasteiger partial charge on any atom is -0.342 e. The highest BCUT2D eigenvalue weighted by Crippen LogP contribution is 2.23. The zero-order valence-corrected chi connectivity index (χ0v) is 15.5. The van der Waals surface area contributed by atoms with Crippen LogP contribution in [0.25, 0.3) is 10.9 Å². The van der Waals surface area contributed by atoms with Gasteiger partial charge in [0, 0.05) is 37.3 Å². The molecule has 5 nitrogen and oxygen atoms in total. The van der Waals surface area contributed by atoms with Crippen molar-refractivity contribution in [3.05, 3.63) is 45.7 Å². The molecule has 2 fully saturated rings. The Bertz CT molecular complexity index is 867. The number of likely N-dealkylation sites (tertiary alicyclic amines) is 2. The molecule has 0 radical (unpaired) electrons. The second kappa shape index (κ2) is 7.23. The molecule has 2 aromatic rings. The molecular weight excluding hydrogens is 326 g/mol. The van der Waals surface area contributed by atoms with Gasteiger partial charge in [0.1, 0.15) is 0 Å². The van der Waals surface area contributed by atoms with E-state index in [-0.39, 0.29) is 11.5 Å². The van der Waals surface area contributed by atoms with Crippen LogP contribution in [0.2, 0.25) is 0 Å². The summed E-state index contributed by atoms with van der Waals surface area (Å²) in [6.45, 7) is 6.22. The average Bonchev–Trinajstić information content (AvgIpc) is 3.17. The van der Waals surface area contributed by atoms with Crippen molar-refractivity contribution in [2.24, 2.45) is 5.92 Å². The number of aromatic nitrogens is 1. The van der Waals surface area contributed by atoms with E-state index in [1.54, 1.807) is 0 Å². The molecule has 1 aromatic carbocycles. The van der Waals surface area contributed by atoms with Crippen molar-refractivity contribution in [1.82, 2.24) is 14.8 Å². The molecule has 2 aliphatic heterocycles.